The van der Waals surface area contributed by atoms with E-state index in [1.807, 2.05) is 49.3 Å². The lowest BCUT2D eigenvalue weighted by atomic mass is 9.80. The third-order valence-corrected chi connectivity index (χ3v) is 9.28. The number of para-hydroxylation sites is 1. The number of rotatable bonds is 7. The van der Waals surface area contributed by atoms with Crippen molar-refractivity contribution in [2.24, 2.45) is 5.92 Å². The van der Waals surface area contributed by atoms with Crippen LogP contribution in [0.1, 0.15) is 66.0 Å². The van der Waals surface area contributed by atoms with Crippen molar-refractivity contribution in [2.75, 3.05) is 19.3 Å². The summed E-state index contributed by atoms with van der Waals surface area (Å²) in [5.41, 5.74) is 3.73. The first-order valence-electron chi connectivity index (χ1n) is 13.4. The lowest BCUT2D eigenvalue weighted by molar-refractivity contribution is -0.151. The number of alkyl halides is 2. The predicted molar refractivity (Wildman–Crippen MR) is 148 cm³/mol. The molecule has 3 aromatic rings. The third-order valence-electron chi connectivity index (χ3n) is 8.47. The fraction of sp³-hybridized carbons (Fsp3) is 0.517. The van der Waals surface area contributed by atoms with E-state index in [0.717, 1.165) is 52.9 Å². The van der Waals surface area contributed by atoms with Crippen molar-refractivity contribution in [2.45, 2.75) is 75.9 Å². The molecule has 1 amide bonds. The molecule has 1 aliphatic heterocycles. The minimum Gasteiger partial charge on any atom is -0.348 e. The van der Waals surface area contributed by atoms with Crippen LogP contribution >= 0.6 is 11.8 Å². The molecular weight excluding hydrogens is 506 g/mol. The van der Waals surface area contributed by atoms with Crippen LogP contribution in [0.25, 0.3) is 10.9 Å². The smallest absolute Gasteiger partial charge is 0.272 e. The number of likely N-dealkylation sites (tertiary alicyclic amines) is 1. The molecule has 0 radical (unpaired) electrons. The first kappa shape index (κ1) is 26.9. The summed E-state index contributed by atoms with van der Waals surface area (Å²) in [6.07, 6.45) is 5.74. The molecule has 2 N–H and O–H groups in total. The highest BCUT2D eigenvalue weighted by Crippen LogP contribution is 2.41. The number of hydrogen-bond donors (Lipinski definition) is 2. The van der Waals surface area contributed by atoms with E-state index >= 15 is 0 Å². The van der Waals surface area contributed by atoms with Crippen molar-refractivity contribution in [3.63, 3.8) is 0 Å². The number of aryl methyl sites for hydroxylation is 1. The van der Waals surface area contributed by atoms with Crippen molar-refractivity contribution >= 4 is 28.6 Å². The number of nitrogens with one attached hydrogen (secondary N) is 2. The van der Waals surface area contributed by atoms with Gasteiger partial charge >= 0.3 is 0 Å². The number of carbonyl (C=O) groups excluding carboxylic acids is 1. The van der Waals surface area contributed by atoms with Crippen LogP contribution in [-0.2, 0) is 6.54 Å². The minimum absolute atomic E-state index is 0.107. The highest BCUT2D eigenvalue weighted by atomic mass is 32.2. The van der Waals surface area contributed by atoms with Gasteiger partial charge in [0.15, 0.2) is 0 Å². The third kappa shape index (κ3) is 5.02. The molecule has 38 heavy (non-hydrogen) atoms. The molecule has 0 spiro atoms. The summed E-state index contributed by atoms with van der Waals surface area (Å²) < 4.78 is 29.0. The van der Waals surface area contributed by atoms with E-state index in [9.17, 15) is 18.4 Å². The quantitative estimate of drug-likeness (QED) is 0.378. The van der Waals surface area contributed by atoms with Crippen LogP contribution < -0.4 is 10.9 Å². The van der Waals surface area contributed by atoms with E-state index < -0.39 is 5.92 Å². The van der Waals surface area contributed by atoms with Gasteiger partial charge in [-0.05, 0) is 70.8 Å². The van der Waals surface area contributed by atoms with Gasteiger partial charge in [0, 0.05) is 51.4 Å². The average molecular weight is 543 g/mol. The second kappa shape index (κ2) is 10.5. The standard InChI is InChI=1S/C29H36F2N4O2S/c1-17-13-25(38-4)23(27(36)33-17)14-32-28(37)26-19(3)35(24-8-6-5-7-22(24)26)18(2)20-9-11-21(12-10-20)34-15-29(30,31)16-34/h5-8,13,18,20-21H,9-12,14-16H2,1-4H3,(H,32,37)(H,33,36). The van der Waals surface area contributed by atoms with Gasteiger partial charge in [0.2, 0.25) is 0 Å². The molecule has 5 rings (SSSR count). The van der Waals surface area contributed by atoms with Crippen LogP contribution in [0.3, 0.4) is 0 Å². The van der Waals surface area contributed by atoms with Gasteiger partial charge in [0.25, 0.3) is 17.4 Å². The summed E-state index contributed by atoms with van der Waals surface area (Å²) in [6, 6.07) is 10.3. The van der Waals surface area contributed by atoms with Gasteiger partial charge in [-0.2, -0.15) is 0 Å². The van der Waals surface area contributed by atoms with E-state index in [1.165, 1.54) is 11.8 Å². The number of carbonyl (C=O) groups is 1. The summed E-state index contributed by atoms with van der Waals surface area (Å²) in [6.45, 7) is 5.98. The van der Waals surface area contributed by atoms with Crippen molar-refractivity contribution < 1.29 is 13.6 Å². The molecule has 2 fully saturated rings. The zero-order valence-electron chi connectivity index (χ0n) is 22.4. The molecule has 204 valence electrons. The van der Waals surface area contributed by atoms with Gasteiger partial charge in [-0.3, -0.25) is 14.5 Å². The summed E-state index contributed by atoms with van der Waals surface area (Å²) in [7, 11) is 0. The molecule has 1 saturated heterocycles. The van der Waals surface area contributed by atoms with Gasteiger partial charge in [-0.15, -0.1) is 11.8 Å². The molecule has 1 aliphatic carbocycles. The maximum atomic E-state index is 13.5. The van der Waals surface area contributed by atoms with Crippen molar-refractivity contribution in [1.82, 2.24) is 19.8 Å². The molecule has 3 heterocycles. The lowest BCUT2D eigenvalue weighted by Crippen LogP contribution is -2.60. The average Bonchev–Trinajstić information content (AvgIpc) is 3.17. The summed E-state index contributed by atoms with van der Waals surface area (Å²) >= 11 is 1.49. The van der Waals surface area contributed by atoms with E-state index in [-0.39, 0.29) is 43.2 Å². The molecule has 1 aromatic carbocycles. The number of thioether (sulfide) groups is 1. The van der Waals surface area contributed by atoms with Crippen LogP contribution in [0.5, 0.6) is 0 Å². The Labute approximate surface area is 226 Å². The van der Waals surface area contributed by atoms with E-state index in [1.54, 1.807) is 0 Å². The zero-order valence-corrected chi connectivity index (χ0v) is 23.3. The second-order valence-electron chi connectivity index (χ2n) is 10.9. The molecule has 6 nitrogen and oxygen atoms in total. The van der Waals surface area contributed by atoms with Crippen LogP contribution in [-0.4, -0.2) is 51.7 Å². The van der Waals surface area contributed by atoms with Gasteiger partial charge in [-0.25, -0.2) is 8.78 Å². The highest BCUT2D eigenvalue weighted by Gasteiger charge is 2.47. The molecular formula is C29H36F2N4O2S. The molecule has 2 aliphatic rings. The zero-order chi connectivity index (χ0) is 27.2. The highest BCUT2D eigenvalue weighted by molar-refractivity contribution is 7.98. The number of aromatic amines is 1. The maximum absolute atomic E-state index is 13.5. The normalized spacial score (nSPS) is 22.3. The van der Waals surface area contributed by atoms with E-state index in [2.05, 4.69) is 27.9 Å². The Balaban J connectivity index is 1.35. The Bertz CT molecular complexity index is 1400. The molecule has 1 unspecified atom stereocenters. The predicted octanol–water partition coefficient (Wildman–Crippen LogP) is 5.67. The van der Waals surface area contributed by atoms with Crippen LogP contribution in [0.15, 0.2) is 40.0 Å². The van der Waals surface area contributed by atoms with E-state index in [0.29, 0.717) is 17.0 Å². The van der Waals surface area contributed by atoms with Crippen molar-refractivity contribution in [3.8, 4) is 0 Å². The Morgan fingerprint density at radius 2 is 1.87 bits per heavy atom. The Kier molecular flexibility index (Phi) is 7.44. The molecule has 0 bridgehead atoms. The largest absolute Gasteiger partial charge is 0.348 e. The number of nitrogens with zero attached hydrogens (tertiary/aromatic N) is 2. The topological polar surface area (TPSA) is 70.1 Å². The van der Waals surface area contributed by atoms with Gasteiger partial charge in [0.1, 0.15) is 0 Å². The van der Waals surface area contributed by atoms with E-state index in [4.69, 9.17) is 0 Å². The number of amides is 1. The van der Waals surface area contributed by atoms with Gasteiger partial charge in [0.05, 0.1) is 18.7 Å². The number of fused-ring (bicyclic) bond motifs is 1. The molecule has 1 saturated carbocycles. The molecule has 9 heteroatoms. The fourth-order valence-corrected chi connectivity index (χ4v) is 7.17. The monoisotopic (exact) mass is 542 g/mol. The summed E-state index contributed by atoms with van der Waals surface area (Å²) in [5, 5.41) is 3.90. The Hall–Kier alpha value is -2.65. The number of benzene rings is 1. The fourth-order valence-electron chi connectivity index (χ4n) is 6.46. The van der Waals surface area contributed by atoms with Gasteiger partial charge < -0.3 is 14.9 Å². The molecule has 1 atom stereocenters. The van der Waals surface area contributed by atoms with Gasteiger partial charge in [-0.1, -0.05) is 18.2 Å². The van der Waals surface area contributed by atoms with Crippen LogP contribution in [0.2, 0.25) is 0 Å². The number of halogens is 2. The van der Waals surface area contributed by atoms with Crippen LogP contribution in [0.4, 0.5) is 8.78 Å². The van der Waals surface area contributed by atoms with Crippen molar-refractivity contribution in [1.29, 1.82) is 0 Å². The Morgan fingerprint density at radius 1 is 1.18 bits per heavy atom. The second-order valence-corrected chi connectivity index (χ2v) is 11.8. The molecule has 2 aromatic heterocycles. The summed E-state index contributed by atoms with van der Waals surface area (Å²) in [5.74, 6) is -2.31. The SMILES string of the molecule is CSc1cc(C)[nH]c(=O)c1CNC(=O)c1c(C)n(C(C)C2CCC(N3CC(F)(F)C3)CC2)c2ccccc12. The first-order chi connectivity index (χ1) is 18.1. The number of pyridine rings is 1. The number of aromatic nitrogens is 2. The Morgan fingerprint density at radius 3 is 2.53 bits per heavy atom. The number of H-pyrrole nitrogens is 1. The first-order valence-corrected chi connectivity index (χ1v) is 14.6. The summed E-state index contributed by atoms with van der Waals surface area (Å²) in [4.78, 5) is 31.7. The lowest BCUT2D eigenvalue weighted by Gasteiger charge is -2.46. The number of hydrogen-bond acceptors (Lipinski definition) is 4. The maximum Gasteiger partial charge on any atom is 0.272 e. The van der Waals surface area contributed by atoms with Crippen LogP contribution in [0, 0.1) is 19.8 Å². The van der Waals surface area contributed by atoms with Crippen molar-refractivity contribution in [3.05, 3.63) is 63.2 Å². The minimum atomic E-state index is -2.52.